The number of halogens is 1. The summed E-state index contributed by atoms with van der Waals surface area (Å²) >= 11 is 6.26. The van der Waals surface area contributed by atoms with Crippen LogP contribution >= 0.6 is 11.6 Å². The standard InChI is InChI=1S/C20H19ClN4O5/c1-27-12-4-5-13(15(10-12)28-2)18-22-20(25-24-18)23-19(26)11-8-14(21)17-16(9-11)29-6-3-7-30-17/h4-5,8-10H,3,6-7H2,1-2H3,(H2,22,23,24,25,26). The lowest BCUT2D eigenvalue weighted by atomic mass is 10.2. The number of rotatable bonds is 5. The molecule has 2 aromatic carbocycles. The summed E-state index contributed by atoms with van der Waals surface area (Å²) in [5, 5.41) is 9.80. The van der Waals surface area contributed by atoms with Crippen molar-refractivity contribution in [2.45, 2.75) is 6.42 Å². The fourth-order valence-electron chi connectivity index (χ4n) is 2.97. The molecule has 0 saturated heterocycles. The van der Waals surface area contributed by atoms with Crippen molar-refractivity contribution in [1.29, 1.82) is 0 Å². The zero-order valence-corrected chi connectivity index (χ0v) is 17.1. The summed E-state index contributed by atoms with van der Waals surface area (Å²) in [4.78, 5) is 17.0. The summed E-state index contributed by atoms with van der Waals surface area (Å²) in [6.45, 7) is 0.995. The van der Waals surface area contributed by atoms with E-state index in [0.717, 1.165) is 6.42 Å². The van der Waals surface area contributed by atoms with E-state index >= 15 is 0 Å². The second-order valence-corrected chi connectivity index (χ2v) is 6.77. The molecule has 1 aliphatic heterocycles. The average Bonchev–Trinajstić information content (AvgIpc) is 3.08. The molecule has 0 fully saturated rings. The third-order valence-electron chi connectivity index (χ3n) is 4.44. The molecule has 156 valence electrons. The van der Waals surface area contributed by atoms with Crippen LogP contribution in [0.25, 0.3) is 11.4 Å². The average molecular weight is 431 g/mol. The normalized spacial score (nSPS) is 12.8. The van der Waals surface area contributed by atoms with Crippen molar-refractivity contribution in [2.24, 2.45) is 0 Å². The van der Waals surface area contributed by atoms with E-state index in [2.05, 4.69) is 20.5 Å². The molecular formula is C20H19ClN4O5. The predicted molar refractivity (Wildman–Crippen MR) is 110 cm³/mol. The van der Waals surface area contributed by atoms with Crippen LogP contribution < -0.4 is 24.3 Å². The van der Waals surface area contributed by atoms with Gasteiger partial charge in [-0.15, -0.1) is 5.10 Å². The van der Waals surface area contributed by atoms with E-state index < -0.39 is 5.91 Å². The van der Waals surface area contributed by atoms with Crippen molar-refractivity contribution in [3.05, 3.63) is 40.9 Å². The van der Waals surface area contributed by atoms with Crippen LogP contribution in [0, 0.1) is 0 Å². The Labute approximate surface area is 177 Å². The van der Waals surface area contributed by atoms with Crippen molar-refractivity contribution in [2.75, 3.05) is 32.8 Å². The maximum absolute atomic E-state index is 12.7. The van der Waals surface area contributed by atoms with Gasteiger partial charge in [0.25, 0.3) is 5.91 Å². The highest BCUT2D eigenvalue weighted by Gasteiger charge is 2.20. The van der Waals surface area contributed by atoms with E-state index in [-0.39, 0.29) is 5.95 Å². The van der Waals surface area contributed by atoms with Crippen molar-refractivity contribution in [3.63, 3.8) is 0 Å². The zero-order valence-electron chi connectivity index (χ0n) is 16.3. The largest absolute Gasteiger partial charge is 0.497 e. The van der Waals surface area contributed by atoms with Crippen molar-refractivity contribution >= 4 is 23.5 Å². The molecule has 0 spiro atoms. The Kier molecular flexibility index (Phi) is 5.62. The molecule has 0 unspecified atom stereocenters. The van der Waals surface area contributed by atoms with Crippen LogP contribution in [0.1, 0.15) is 16.8 Å². The number of H-pyrrole nitrogens is 1. The zero-order chi connectivity index (χ0) is 21.1. The Morgan fingerprint density at radius 2 is 2.00 bits per heavy atom. The predicted octanol–water partition coefficient (Wildman–Crippen LogP) is 3.56. The van der Waals surface area contributed by atoms with Gasteiger partial charge in [-0.2, -0.15) is 4.98 Å². The number of fused-ring (bicyclic) bond motifs is 1. The van der Waals surface area contributed by atoms with E-state index in [1.807, 2.05) is 0 Å². The van der Waals surface area contributed by atoms with Crippen LogP contribution in [0.5, 0.6) is 23.0 Å². The minimum atomic E-state index is -0.431. The lowest BCUT2D eigenvalue weighted by Gasteiger charge is -2.11. The lowest BCUT2D eigenvalue weighted by Crippen LogP contribution is -2.13. The first kappa shape index (κ1) is 19.8. The number of hydrogen-bond acceptors (Lipinski definition) is 7. The third kappa shape index (κ3) is 3.97. The fourth-order valence-corrected chi connectivity index (χ4v) is 3.23. The Hall–Kier alpha value is -3.46. The van der Waals surface area contributed by atoms with E-state index in [1.165, 1.54) is 6.07 Å². The number of methoxy groups -OCH3 is 2. The third-order valence-corrected chi connectivity index (χ3v) is 4.72. The first-order valence-corrected chi connectivity index (χ1v) is 9.52. The number of anilines is 1. The number of nitrogens with zero attached hydrogens (tertiary/aromatic N) is 2. The summed E-state index contributed by atoms with van der Waals surface area (Å²) in [5.74, 6) is 2.19. The van der Waals surface area contributed by atoms with Crippen LogP contribution in [0.15, 0.2) is 30.3 Å². The van der Waals surface area contributed by atoms with Crippen LogP contribution in [-0.4, -0.2) is 48.5 Å². The Morgan fingerprint density at radius 3 is 2.80 bits per heavy atom. The molecule has 3 aromatic rings. The molecule has 0 radical (unpaired) electrons. The van der Waals surface area contributed by atoms with Gasteiger partial charge in [-0.1, -0.05) is 11.6 Å². The number of aromatic nitrogens is 3. The van der Waals surface area contributed by atoms with Gasteiger partial charge in [0.15, 0.2) is 17.3 Å². The molecule has 9 nitrogen and oxygen atoms in total. The Balaban J connectivity index is 1.55. The topological polar surface area (TPSA) is 108 Å². The van der Waals surface area contributed by atoms with Gasteiger partial charge < -0.3 is 18.9 Å². The van der Waals surface area contributed by atoms with Crippen molar-refractivity contribution in [1.82, 2.24) is 15.2 Å². The first-order valence-electron chi connectivity index (χ1n) is 9.14. The Morgan fingerprint density at radius 1 is 1.17 bits per heavy atom. The van der Waals surface area contributed by atoms with Gasteiger partial charge in [0.2, 0.25) is 5.95 Å². The molecule has 1 aromatic heterocycles. The van der Waals surface area contributed by atoms with Crippen molar-refractivity contribution in [3.8, 4) is 34.4 Å². The van der Waals surface area contributed by atoms with Gasteiger partial charge in [0, 0.05) is 18.1 Å². The quantitative estimate of drug-likeness (QED) is 0.637. The summed E-state index contributed by atoms with van der Waals surface area (Å²) in [5.41, 5.74) is 0.975. The number of hydrogen-bond donors (Lipinski definition) is 2. The number of nitrogens with one attached hydrogen (secondary N) is 2. The number of aromatic amines is 1. The van der Waals surface area contributed by atoms with Crippen LogP contribution in [0.4, 0.5) is 5.95 Å². The molecule has 4 rings (SSSR count). The molecule has 0 aliphatic carbocycles. The molecule has 30 heavy (non-hydrogen) atoms. The van der Waals surface area contributed by atoms with E-state index in [4.69, 9.17) is 30.5 Å². The van der Waals surface area contributed by atoms with Gasteiger partial charge in [-0.25, -0.2) is 0 Å². The van der Waals surface area contributed by atoms with Gasteiger partial charge in [-0.05, 0) is 24.3 Å². The molecule has 1 aliphatic rings. The Bertz CT molecular complexity index is 1090. The summed E-state index contributed by atoms with van der Waals surface area (Å²) in [7, 11) is 3.12. The maximum Gasteiger partial charge on any atom is 0.258 e. The van der Waals surface area contributed by atoms with E-state index in [1.54, 1.807) is 38.5 Å². The second-order valence-electron chi connectivity index (χ2n) is 6.36. The lowest BCUT2D eigenvalue weighted by molar-refractivity contribution is 0.102. The number of amides is 1. The molecule has 0 saturated carbocycles. The van der Waals surface area contributed by atoms with Gasteiger partial charge >= 0.3 is 0 Å². The molecule has 10 heteroatoms. The molecule has 0 atom stereocenters. The number of ether oxygens (including phenoxy) is 4. The highest BCUT2D eigenvalue weighted by molar-refractivity contribution is 6.32. The first-order chi connectivity index (χ1) is 14.6. The fraction of sp³-hybridized carbons (Fsp3) is 0.250. The smallest absolute Gasteiger partial charge is 0.258 e. The molecule has 2 N–H and O–H groups in total. The number of carbonyl (C=O) groups is 1. The SMILES string of the molecule is COc1ccc(-c2nc(NC(=O)c3cc(Cl)c4c(c3)OCCCO4)n[nH]2)c(OC)c1. The van der Waals surface area contributed by atoms with Gasteiger partial charge in [-0.3, -0.25) is 15.2 Å². The van der Waals surface area contributed by atoms with Crippen LogP contribution in [-0.2, 0) is 0 Å². The minimum Gasteiger partial charge on any atom is -0.497 e. The minimum absolute atomic E-state index is 0.108. The molecular weight excluding hydrogens is 412 g/mol. The van der Waals surface area contributed by atoms with Crippen molar-refractivity contribution < 1.29 is 23.7 Å². The van der Waals surface area contributed by atoms with Crippen LogP contribution in [0.3, 0.4) is 0 Å². The van der Waals surface area contributed by atoms with Gasteiger partial charge in [0.1, 0.15) is 11.5 Å². The van der Waals surface area contributed by atoms with Crippen LogP contribution in [0.2, 0.25) is 5.02 Å². The molecule has 2 heterocycles. The van der Waals surface area contributed by atoms with Gasteiger partial charge in [0.05, 0.1) is 38.0 Å². The van der Waals surface area contributed by atoms with E-state index in [9.17, 15) is 4.79 Å². The monoisotopic (exact) mass is 430 g/mol. The van der Waals surface area contributed by atoms with E-state index in [0.29, 0.717) is 58.2 Å². The molecule has 1 amide bonds. The highest BCUT2D eigenvalue weighted by atomic mass is 35.5. The summed E-state index contributed by atoms with van der Waals surface area (Å²) < 4.78 is 21.8. The number of carbonyl (C=O) groups excluding carboxylic acids is 1. The summed E-state index contributed by atoms with van der Waals surface area (Å²) in [6.07, 6.45) is 0.737. The summed E-state index contributed by atoms with van der Waals surface area (Å²) in [6, 6.07) is 8.40. The maximum atomic E-state index is 12.7. The molecule has 0 bridgehead atoms. The second kappa shape index (κ2) is 8.50. The highest BCUT2D eigenvalue weighted by Crippen LogP contribution is 2.38. The number of benzene rings is 2.